The fourth-order valence-corrected chi connectivity index (χ4v) is 7.49. The molecule has 0 aliphatic carbocycles. The Bertz CT molecular complexity index is 1530. The molecule has 0 spiro atoms. The number of hydrogen-bond donors (Lipinski definition) is 1. The zero-order valence-electron chi connectivity index (χ0n) is 19.3. The fraction of sp³-hybridized carbons (Fsp3) is 0.179. The van der Waals surface area contributed by atoms with E-state index in [1.807, 2.05) is 73.7 Å². The maximum Gasteiger partial charge on any atom is 0.305 e. The van der Waals surface area contributed by atoms with Crippen LogP contribution in [0.1, 0.15) is 27.5 Å². The summed E-state index contributed by atoms with van der Waals surface area (Å²) >= 11 is 2.38. The number of aromatic nitrogens is 1. The summed E-state index contributed by atoms with van der Waals surface area (Å²) in [7, 11) is 0. The van der Waals surface area contributed by atoms with Crippen molar-refractivity contribution in [3.63, 3.8) is 0 Å². The second-order valence-corrected chi connectivity index (χ2v) is 11.0. The van der Waals surface area contributed by atoms with Crippen LogP contribution in [0.5, 0.6) is 5.75 Å². The Morgan fingerprint density at radius 2 is 1.61 bits per heavy atom. The molecule has 1 aromatic heterocycles. The number of H-pyrrole nitrogens is 1. The van der Waals surface area contributed by atoms with Crippen LogP contribution in [-0.2, 0) is 16.2 Å². The Labute approximate surface area is 215 Å². The molecule has 2 amide bonds. The molecule has 8 heteroatoms. The van der Waals surface area contributed by atoms with Crippen molar-refractivity contribution in [2.75, 3.05) is 4.90 Å². The molecule has 6 rings (SSSR count). The molecule has 3 atom stereocenters. The molecule has 2 aliphatic rings. The molecule has 2 aliphatic heterocycles. The number of fused-ring (bicyclic) bond motifs is 2. The number of imide groups is 1. The zero-order chi connectivity index (χ0) is 24.8. The van der Waals surface area contributed by atoms with Gasteiger partial charge in [-0.25, -0.2) is 4.90 Å². The van der Waals surface area contributed by atoms with E-state index in [1.54, 1.807) is 12.1 Å². The standard InChI is InChI=1S/C28H22N2O4S2/c1-16-9-5-6-10-17(16)15-34-20-14-8-7-13-19(20)21-22-24(35-25-23(21)36-28(33)29-25)27(32)30(26(22)31)18-11-3-2-4-12-18/h2-14,21-22,24H,15H2,1H3,(H,29,33)/t21-,22?,24?/m1/s1. The number of para-hydroxylation sites is 2. The Hall–Kier alpha value is -3.62. The number of carbonyl (C=O) groups is 2. The van der Waals surface area contributed by atoms with Gasteiger partial charge in [-0.3, -0.25) is 14.4 Å². The van der Waals surface area contributed by atoms with Gasteiger partial charge in [-0.1, -0.05) is 83.8 Å². The zero-order valence-corrected chi connectivity index (χ0v) is 21.0. The van der Waals surface area contributed by atoms with Crippen molar-refractivity contribution >= 4 is 40.6 Å². The minimum Gasteiger partial charge on any atom is -0.489 e. The number of ether oxygens (including phenoxy) is 1. The minimum absolute atomic E-state index is 0.199. The van der Waals surface area contributed by atoms with Gasteiger partial charge in [0.25, 0.3) is 0 Å². The first-order valence-corrected chi connectivity index (χ1v) is 13.3. The average Bonchev–Trinajstić information content (AvgIpc) is 3.38. The lowest BCUT2D eigenvalue weighted by molar-refractivity contribution is -0.122. The van der Waals surface area contributed by atoms with E-state index in [0.717, 1.165) is 32.9 Å². The highest BCUT2D eigenvalue weighted by Gasteiger charge is 2.56. The summed E-state index contributed by atoms with van der Waals surface area (Å²) in [5, 5.41) is 0.0194. The van der Waals surface area contributed by atoms with Crippen molar-refractivity contribution in [1.82, 2.24) is 4.98 Å². The van der Waals surface area contributed by atoms with E-state index in [9.17, 15) is 14.4 Å². The van der Waals surface area contributed by atoms with Gasteiger partial charge in [-0.05, 0) is 36.2 Å². The monoisotopic (exact) mass is 514 g/mol. The molecule has 2 unspecified atom stereocenters. The smallest absolute Gasteiger partial charge is 0.305 e. The molecule has 3 heterocycles. The summed E-state index contributed by atoms with van der Waals surface area (Å²) in [5.41, 5.74) is 3.56. The molecule has 1 N–H and O–H groups in total. The lowest BCUT2D eigenvalue weighted by Crippen LogP contribution is -2.32. The van der Waals surface area contributed by atoms with E-state index in [-0.39, 0.29) is 16.7 Å². The van der Waals surface area contributed by atoms with E-state index in [1.165, 1.54) is 16.7 Å². The van der Waals surface area contributed by atoms with Crippen LogP contribution in [0.25, 0.3) is 0 Å². The van der Waals surface area contributed by atoms with Crippen molar-refractivity contribution in [3.05, 3.63) is 110 Å². The fourth-order valence-electron chi connectivity index (χ4n) is 4.98. The van der Waals surface area contributed by atoms with Crippen LogP contribution in [0.15, 0.2) is 88.7 Å². The molecule has 180 valence electrons. The average molecular weight is 515 g/mol. The minimum atomic E-state index is -0.648. The number of aryl methyl sites for hydroxylation is 1. The molecule has 0 saturated carbocycles. The van der Waals surface area contributed by atoms with E-state index in [4.69, 9.17) is 4.74 Å². The highest BCUT2D eigenvalue weighted by Crippen LogP contribution is 2.54. The predicted octanol–water partition coefficient (Wildman–Crippen LogP) is 5.12. The molecule has 1 saturated heterocycles. The van der Waals surface area contributed by atoms with Gasteiger partial charge in [0.2, 0.25) is 11.8 Å². The summed E-state index contributed by atoms with van der Waals surface area (Å²) in [4.78, 5) is 44.5. The number of carbonyl (C=O) groups excluding carboxylic acids is 2. The summed E-state index contributed by atoms with van der Waals surface area (Å²) < 4.78 is 6.30. The number of thiazole rings is 1. The van der Waals surface area contributed by atoms with Crippen LogP contribution in [-0.4, -0.2) is 22.0 Å². The second-order valence-electron chi connectivity index (χ2n) is 8.85. The lowest BCUT2D eigenvalue weighted by atomic mass is 9.82. The molecular weight excluding hydrogens is 492 g/mol. The third kappa shape index (κ3) is 3.77. The highest BCUT2D eigenvalue weighted by molar-refractivity contribution is 8.00. The van der Waals surface area contributed by atoms with Crippen LogP contribution in [0, 0.1) is 12.8 Å². The van der Waals surface area contributed by atoms with E-state index in [2.05, 4.69) is 4.98 Å². The quantitative estimate of drug-likeness (QED) is 0.374. The summed E-state index contributed by atoms with van der Waals surface area (Å²) in [6.07, 6.45) is 0. The number of anilines is 1. The lowest BCUT2D eigenvalue weighted by Gasteiger charge is -2.30. The number of thioether (sulfide) groups is 1. The van der Waals surface area contributed by atoms with Crippen LogP contribution in [0.2, 0.25) is 0 Å². The first kappa shape index (κ1) is 22.8. The van der Waals surface area contributed by atoms with Crippen LogP contribution in [0.3, 0.4) is 0 Å². The SMILES string of the molecule is Cc1ccccc1COc1ccccc1[C@H]1c2sc(=O)[nH]c2SC2C(=O)N(c3ccccc3)C(=O)C21. The Balaban J connectivity index is 1.43. The number of aromatic amines is 1. The Morgan fingerprint density at radius 3 is 2.42 bits per heavy atom. The van der Waals surface area contributed by atoms with E-state index >= 15 is 0 Å². The maximum atomic E-state index is 13.9. The number of nitrogens with zero attached hydrogens (tertiary/aromatic N) is 1. The maximum absolute atomic E-state index is 13.9. The van der Waals surface area contributed by atoms with Crippen molar-refractivity contribution in [3.8, 4) is 5.75 Å². The van der Waals surface area contributed by atoms with Crippen LogP contribution >= 0.6 is 23.1 Å². The number of rotatable bonds is 5. The largest absolute Gasteiger partial charge is 0.489 e. The van der Waals surface area contributed by atoms with Gasteiger partial charge in [0.05, 0.1) is 16.6 Å². The number of amides is 2. The molecule has 1 fully saturated rings. The van der Waals surface area contributed by atoms with Crippen molar-refractivity contribution < 1.29 is 14.3 Å². The van der Waals surface area contributed by atoms with Gasteiger partial charge in [-0.2, -0.15) is 0 Å². The van der Waals surface area contributed by atoms with Gasteiger partial charge >= 0.3 is 4.87 Å². The van der Waals surface area contributed by atoms with Crippen molar-refractivity contribution in [2.24, 2.45) is 5.92 Å². The molecule has 4 aromatic rings. The number of benzene rings is 3. The molecule has 0 radical (unpaired) electrons. The summed E-state index contributed by atoms with van der Waals surface area (Å²) in [5.74, 6) is -1.00. The summed E-state index contributed by atoms with van der Waals surface area (Å²) in [6, 6.07) is 24.7. The first-order valence-electron chi connectivity index (χ1n) is 11.6. The molecular formula is C28H22N2O4S2. The van der Waals surface area contributed by atoms with Gasteiger partial charge in [0.15, 0.2) is 0 Å². The van der Waals surface area contributed by atoms with Gasteiger partial charge in [0, 0.05) is 16.4 Å². The van der Waals surface area contributed by atoms with E-state index < -0.39 is 17.1 Å². The molecule has 36 heavy (non-hydrogen) atoms. The normalized spacial score (nSPS) is 20.8. The molecule has 3 aromatic carbocycles. The van der Waals surface area contributed by atoms with Gasteiger partial charge in [-0.15, -0.1) is 0 Å². The third-order valence-electron chi connectivity index (χ3n) is 6.74. The second kappa shape index (κ2) is 9.11. The van der Waals surface area contributed by atoms with Gasteiger partial charge in [0.1, 0.15) is 17.6 Å². The van der Waals surface area contributed by atoms with Gasteiger partial charge < -0.3 is 9.72 Å². The molecule has 0 bridgehead atoms. The topological polar surface area (TPSA) is 79.5 Å². The molecule has 6 nitrogen and oxygen atoms in total. The Kier molecular flexibility index (Phi) is 5.78. The third-order valence-corrected chi connectivity index (χ3v) is 9.14. The number of hydrogen-bond acceptors (Lipinski definition) is 6. The van der Waals surface area contributed by atoms with E-state index in [0.29, 0.717) is 23.1 Å². The first-order chi connectivity index (χ1) is 17.5. The van der Waals surface area contributed by atoms with Crippen LogP contribution in [0.4, 0.5) is 5.69 Å². The number of nitrogens with one attached hydrogen (secondary N) is 1. The predicted molar refractivity (Wildman–Crippen MR) is 141 cm³/mol. The van der Waals surface area contributed by atoms with Crippen molar-refractivity contribution in [2.45, 2.75) is 29.7 Å². The van der Waals surface area contributed by atoms with Crippen LogP contribution < -0.4 is 14.5 Å². The van der Waals surface area contributed by atoms with Crippen molar-refractivity contribution in [1.29, 1.82) is 0 Å². The Morgan fingerprint density at radius 1 is 0.889 bits per heavy atom. The highest BCUT2D eigenvalue weighted by atomic mass is 32.2. The summed E-state index contributed by atoms with van der Waals surface area (Å²) in [6.45, 7) is 2.41.